The molecule has 1 aliphatic heterocycles. The van der Waals surface area contributed by atoms with Gasteiger partial charge in [-0.25, -0.2) is 9.59 Å². The monoisotopic (exact) mass is 298 g/mol. The molecule has 1 heterocycles. The van der Waals surface area contributed by atoms with Crippen molar-refractivity contribution in [1.29, 1.82) is 0 Å². The summed E-state index contributed by atoms with van der Waals surface area (Å²) in [5.74, 6) is -0.152. The number of fused-ring (bicyclic) bond motifs is 3. The number of methoxy groups -OCH3 is 2. The minimum absolute atomic E-state index is 0.403. The minimum atomic E-state index is -0.418. The summed E-state index contributed by atoms with van der Waals surface area (Å²) in [6.45, 7) is 0.418. The molecule has 0 bridgehead atoms. The van der Waals surface area contributed by atoms with Crippen LogP contribution in [0.1, 0.15) is 26.3 Å². The maximum Gasteiger partial charge on any atom is 0.337 e. The molecule has 3 rings (SSSR count). The van der Waals surface area contributed by atoms with Gasteiger partial charge in [0.2, 0.25) is 0 Å². The van der Waals surface area contributed by atoms with Crippen LogP contribution in [-0.4, -0.2) is 26.2 Å². The first-order valence-corrected chi connectivity index (χ1v) is 6.71. The average Bonchev–Trinajstić information content (AvgIpc) is 2.59. The van der Waals surface area contributed by atoms with Crippen molar-refractivity contribution in [3.8, 4) is 16.9 Å². The van der Waals surface area contributed by atoms with Gasteiger partial charge in [0.1, 0.15) is 12.4 Å². The van der Waals surface area contributed by atoms with E-state index in [-0.39, 0.29) is 0 Å². The van der Waals surface area contributed by atoms with Gasteiger partial charge in [-0.15, -0.1) is 0 Å². The Hall–Kier alpha value is -2.82. The van der Waals surface area contributed by atoms with Gasteiger partial charge >= 0.3 is 11.9 Å². The van der Waals surface area contributed by atoms with E-state index in [0.29, 0.717) is 23.5 Å². The molecule has 0 aromatic heterocycles. The number of carbonyl (C=O) groups excluding carboxylic acids is 2. The van der Waals surface area contributed by atoms with Crippen molar-refractivity contribution >= 4 is 11.9 Å². The molecule has 2 aromatic carbocycles. The summed E-state index contributed by atoms with van der Waals surface area (Å²) in [4.78, 5) is 23.4. The summed E-state index contributed by atoms with van der Waals surface area (Å²) in [7, 11) is 2.68. The van der Waals surface area contributed by atoms with Gasteiger partial charge in [-0.3, -0.25) is 0 Å². The number of ether oxygens (including phenoxy) is 3. The molecule has 112 valence electrons. The van der Waals surface area contributed by atoms with E-state index in [9.17, 15) is 9.59 Å². The molecule has 0 spiro atoms. The van der Waals surface area contributed by atoms with Gasteiger partial charge in [-0.05, 0) is 41.5 Å². The van der Waals surface area contributed by atoms with Crippen LogP contribution in [0, 0.1) is 0 Å². The molecule has 0 N–H and O–H groups in total. The molecule has 0 saturated carbocycles. The SMILES string of the molecule is COC(=O)c1ccc2c(c1)-c1cc(C(=O)OC)ccc1OC2. The van der Waals surface area contributed by atoms with Crippen molar-refractivity contribution in [2.75, 3.05) is 14.2 Å². The van der Waals surface area contributed by atoms with Gasteiger partial charge in [-0.1, -0.05) is 6.07 Å². The Kier molecular flexibility index (Phi) is 3.55. The van der Waals surface area contributed by atoms with Gasteiger partial charge in [0.25, 0.3) is 0 Å². The molecular weight excluding hydrogens is 284 g/mol. The molecule has 0 atom stereocenters. The molecule has 0 radical (unpaired) electrons. The van der Waals surface area contributed by atoms with Crippen LogP contribution in [-0.2, 0) is 16.1 Å². The molecule has 0 amide bonds. The molecule has 5 nitrogen and oxygen atoms in total. The molecule has 22 heavy (non-hydrogen) atoms. The fourth-order valence-corrected chi connectivity index (χ4v) is 2.46. The second-order valence-corrected chi connectivity index (χ2v) is 4.85. The molecular formula is C17H14O5. The summed E-state index contributed by atoms with van der Waals surface area (Å²) < 4.78 is 15.2. The summed E-state index contributed by atoms with van der Waals surface area (Å²) >= 11 is 0. The van der Waals surface area contributed by atoms with Crippen molar-refractivity contribution in [2.45, 2.75) is 6.61 Å². The van der Waals surface area contributed by atoms with Crippen LogP contribution < -0.4 is 4.74 Å². The lowest BCUT2D eigenvalue weighted by molar-refractivity contribution is 0.0591. The third kappa shape index (κ3) is 2.30. The van der Waals surface area contributed by atoms with Crippen LogP contribution in [0.3, 0.4) is 0 Å². The highest BCUT2D eigenvalue weighted by Gasteiger charge is 2.21. The Morgan fingerprint density at radius 3 is 2.14 bits per heavy atom. The fourth-order valence-electron chi connectivity index (χ4n) is 2.46. The maximum atomic E-state index is 11.7. The smallest absolute Gasteiger partial charge is 0.337 e. The Balaban J connectivity index is 2.14. The maximum absolute atomic E-state index is 11.7. The van der Waals surface area contributed by atoms with E-state index in [0.717, 1.165) is 16.7 Å². The third-order valence-corrected chi connectivity index (χ3v) is 3.60. The second-order valence-electron chi connectivity index (χ2n) is 4.85. The summed E-state index contributed by atoms with van der Waals surface area (Å²) in [5.41, 5.74) is 3.45. The Morgan fingerprint density at radius 2 is 1.50 bits per heavy atom. The number of benzene rings is 2. The van der Waals surface area contributed by atoms with E-state index in [1.807, 2.05) is 6.07 Å². The number of esters is 2. The molecule has 0 saturated heterocycles. The van der Waals surface area contributed by atoms with Gasteiger partial charge in [0, 0.05) is 5.56 Å². The lowest BCUT2D eigenvalue weighted by atomic mass is 9.93. The molecule has 0 fully saturated rings. The van der Waals surface area contributed by atoms with Gasteiger partial charge in [0.05, 0.1) is 25.3 Å². The quantitative estimate of drug-likeness (QED) is 0.798. The van der Waals surface area contributed by atoms with E-state index < -0.39 is 11.9 Å². The first kappa shape index (κ1) is 14.1. The first-order chi connectivity index (χ1) is 10.6. The number of carbonyl (C=O) groups is 2. The standard InChI is InChI=1S/C17H14O5/c1-20-16(18)10-3-4-12-9-22-15-6-5-11(17(19)21-2)8-14(15)13(12)7-10/h3-8H,9H2,1-2H3. The molecule has 2 aromatic rings. The number of hydrogen-bond donors (Lipinski definition) is 0. The highest BCUT2D eigenvalue weighted by Crippen LogP contribution is 2.38. The van der Waals surface area contributed by atoms with Crippen LogP contribution in [0.2, 0.25) is 0 Å². The van der Waals surface area contributed by atoms with Crippen molar-refractivity contribution in [3.63, 3.8) is 0 Å². The average molecular weight is 298 g/mol. The van der Waals surface area contributed by atoms with E-state index in [2.05, 4.69) is 0 Å². The van der Waals surface area contributed by atoms with Crippen molar-refractivity contribution in [3.05, 3.63) is 53.1 Å². The van der Waals surface area contributed by atoms with E-state index in [1.165, 1.54) is 14.2 Å². The zero-order valence-electron chi connectivity index (χ0n) is 12.2. The van der Waals surface area contributed by atoms with Gasteiger partial charge in [-0.2, -0.15) is 0 Å². The number of rotatable bonds is 2. The van der Waals surface area contributed by atoms with Crippen molar-refractivity contribution in [2.24, 2.45) is 0 Å². The largest absolute Gasteiger partial charge is 0.488 e. The normalized spacial score (nSPS) is 11.7. The molecule has 5 heteroatoms. The van der Waals surface area contributed by atoms with Crippen molar-refractivity contribution < 1.29 is 23.8 Å². The van der Waals surface area contributed by atoms with Gasteiger partial charge < -0.3 is 14.2 Å². The van der Waals surface area contributed by atoms with Crippen LogP contribution in [0.4, 0.5) is 0 Å². The Bertz CT molecular complexity index is 698. The second kappa shape index (κ2) is 5.52. The van der Waals surface area contributed by atoms with E-state index in [1.54, 1.807) is 30.3 Å². The van der Waals surface area contributed by atoms with Gasteiger partial charge in [0.15, 0.2) is 0 Å². The summed E-state index contributed by atoms with van der Waals surface area (Å²) in [6.07, 6.45) is 0. The zero-order chi connectivity index (χ0) is 15.7. The highest BCUT2D eigenvalue weighted by molar-refractivity contribution is 5.94. The van der Waals surface area contributed by atoms with Crippen LogP contribution in [0.25, 0.3) is 11.1 Å². The third-order valence-electron chi connectivity index (χ3n) is 3.60. The van der Waals surface area contributed by atoms with Crippen LogP contribution in [0.5, 0.6) is 5.75 Å². The lowest BCUT2D eigenvalue weighted by Gasteiger charge is -2.21. The molecule has 0 unspecified atom stereocenters. The zero-order valence-corrected chi connectivity index (χ0v) is 12.2. The van der Waals surface area contributed by atoms with Crippen LogP contribution in [0.15, 0.2) is 36.4 Å². The van der Waals surface area contributed by atoms with E-state index >= 15 is 0 Å². The van der Waals surface area contributed by atoms with Crippen molar-refractivity contribution in [1.82, 2.24) is 0 Å². The Morgan fingerprint density at radius 1 is 0.909 bits per heavy atom. The Labute approximate surface area is 127 Å². The lowest BCUT2D eigenvalue weighted by Crippen LogP contribution is -2.09. The summed E-state index contributed by atoms with van der Waals surface area (Å²) in [6, 6.07) is 10.4. The molecule has 1 aliphatic rings. The molecule has 0 aliphatic carbocycles. The van der Waals surface area contributed by atoms with Crippen LogP contribution >= 0.6 is 0 Å². The minimum Gasteiger partial charge on any atom is -0.488 e. The predicted molar refractivity (Wildman–Crippen MR) is 78.9 cm³/mol. The number of hydrogen-bond acceptors (Lipinski definition) is 5. The van der Waals surface area contributed by atoms with E-state index in [4.69, 9.17) is 14.2 Å². The fraction of sp³-hybridized carbons (Fsp3) is 0.176. The summed E-state index contributed by atoms with van der Waals surface area (Å²) in [5, 5.41) is 0. The predicted octanol–water partition coefficient (Wildman–Crippen LogP) is 2.82. The highest BCUT2D eigenvalue weighted by atomic mass is 16.5. The topological polar surface area (TPSA) is 61.8 Å². The first-order valence-electron chi connectivity index (χ1n) is 6.71.